The molecule has 2 amide bonds. The average molecular weight is 320 g/mol. The van der Waals surface area contributed by atoms with E-state index in [1.165, 1.54) is 12.1 Å². The fourth-order valence-electron chi connectivity index (χ4n) is 2.89. The zero-order valence-electron chi connectivity index (χ0n) is 13.8. The summed E-state index contributed by atoms with van der Waals surface area (Å²) in [5, 5.41) is 5.77. The highest BCUT2D eigenvalue weighted by Gasteiger charge is 2.30. The van der Waals surface area contributed by atoms with Gasteiger partial charge < -0.3 is 10.6 Å². The standard InChI is InChI=1S/C18H25FN2O2/c1-3-12(2)20-17(22)13-7-9-14(10-8-13)18(23)21-16-6-4-5-15(19)11-16/h4-6,11-14H,3,7-10H2,1-2H3,(H,20,22)(H,21,23). The van der Waals surface area contributed by atoms with E-state index in [1.807, 2.05) is 13.8 Å². The van der Waals surface area contributed by atoms with Crippen molar-refractivity contribution >= 4 is 17.5 Å². The first kappa shape index (κ1) is 17.4. The van der Waals surface area contributed by atoms with Gasteiger partial charge in [-0.1, -0.05) is 13.0 Å². The van der Waals surface area contributed by atoms with E-state index in [0.29, 0.717) is 18.5 Å². The number of amides is 2. The molecule has 1 aromatic carbocycles. The van der Waals surface area contributed by atoms with Crippen molar-refractivity contribution in [2.75, 3.05) is 5.32 Å². The molecule has 4 nitrogen and oxygen atoms in total. The Balaban J connectivity index is 1.82. The van der Waals surface area contributed by atoms with Gasteiger partial charge in [-0.3, -0.25) is 9.59 Å². The highest BCUT2D eigenvalue weighted by Crippen LogP contribution is 2.30. The van der Waals surface area contributed by atoms with E-state index in [9.17, 15) is 14.0 Å². The van der Waals surface area contributed by atoms with Crippen LogP contribution in [0.25, 0.3) is 0 Å². The summed E-state index contributed by atoms with van der Waals surface area (Å²) in [5.74, 6) is -0.457. The van der Waals surface area contributed by atoms with Gasteiger partial charge in [0.2, 0.25) is 11.8 Å². The van der Waals surface area contributed by atoms with E-state index in [-0.39, 0.29) is 35.5 Å². The third-order valence-corrected chi connectivity index (χ3v) is 4.56. The first-order valence-corrected chi connectivity index (χ1v) is 8.36. The average Bonchev–Trinajstić information content (AvgIpc) is 2.54. The Labute approximate surface area is 136 Å². The van der Waals surface area contributed by atoms with Gasteiger partial charge in [0, 0.05) is 23.6 Å². The molecule has 0 heterocycles. The van der Waals surface area contributed by atoms with Crippen LogP contribution >= 0.6 is 0 Å². The van der Waals surface area contributed by atoms with Gasteiger partial charge >= 0.3 is 0 Å². The minimum atomic E-state index is -0.367. The van der Waals surface area contributed by atoms with Crippen LogP contribution in [-0.4, -0.2) is 17.9 Å². The molecule has 1 aliphatic rings. The predicted octanol–water partition coefficient (Wildman–Crippen LogP) is 3.49. The van der Waals surface area contributed by atoms with E-state index in [2.05, 4.69) is 10.6 Å². The fourth-order valence-corrected chi connectivity index (χ4v) is 2.89. The lowest BCUT2D eigenvalue weighted by Crippen LogP contribution is -2.39. The monoisotopic (exact) mass is 320 g/mol. The van der Waals surface area contributed by atoms with Crippen LogP contribution < -0.4 is 10.6 Å². The van der Waals surface area contributed by atoms with E-state index >= 15 is 0 Å². The zero-order chi connectivity index (χ0) is 16.8. The normalized spacial score (nSPS) is 22.2. The second-order valence-electron chi connectivity index (χ2n) is 6.37. The van der Waals surface area contributed by atoms with Crippen LogP contribution in [0.2, 0.25) is 0 Å². The minimum Gasteiger partial charge on any atom is -0.353 e. The maximum absolute atomic E-state index is 13.1. The van der Waals surface area contributed by atoms with Gasteiger partial charge in [0.05, 0.1) is 0 Å². The number of nitrogens with one attached hydrogen (secondary N) is 2. The molecule has 126 valence electrons. The quantitative estimate of drug-likeness (QED) is 0.872. The summed E-state index contributed by atoms with van der Waals surface area (Å²) in [7, 11) is 0. The molecule has 1 aliphatic carbocycles. The lowest BCUT2D eigenvalue weighted by Gasteiger charge is -2.28. The van der Waals surface area contributed by atoms with Crippen molar-refractivity contribution in [3.8, 4) is 0 Å². The third-order valence-electron chi connectivity index (χ3n) is 4.56. The summed E-state index contributed by atoms with van der Waals surface area (Å²) in [6.45, 7) is 4.04. The van der Waals surface area contributed by atoms with Crippen molar-refractivity contribution in [1.82, 2.24) is 5.32 Å². The van der Waals surface area contributed by atoms with E-state index < -0.39 is 0 Å². The van der Waals surface area contributed by atoms with Crippen LogP contribution in [0.5, 0.6) is 0 Å². The van der Waals surface area contributed by atoms with Crippen LogP contribution in [0, 0.1) is 17.7 Å². The molecular weight excluding hydrogens is 295 g/mol. The van der Waals surface area contributed by atoms with Crippen molar-refractivity contribution < 1.29 is 14.0 Å². The highest BCUT2D eigenvalue weighted by molar-refractivity contribution is 5.92. The lowest BCUT2D eigenvalue weighted by molar-refractivity contribution is -0.129. The summed E-state index contributed by atoms with van der Waals surface area (Å²) < 4.78 is 13.1. The molecule has 2 N–H and O–H groups in total. The number of halogens is 1. The number of carbonyl (C=O) groups excluding carboxylic acids is 2. The van der Waals surface area contributed by atoms with Gasteiger partial charge in [0.1, 0.15) is 5.82 Å². The Morgan fingerprint density at radius 3 is 2.35 bits per heavy atom. The first-order valence-electron chi connectivity index (χ1n) is 8.36. The molecule has 0 saturated heterocycles. The summed E-state index contributed by atoms with van der Waals surface area (Å²) in [6, 6.07) is 6.09. The fraction of sp³-hybridized carbons (Fsp3) is 0.556. The zero-order valence-corrected chi connectivity index (χ0v) is 13.8. The Bertz CT molecular complexity index is 554. The molecule has 0 aliphatic heterocycles. The molecule has 0 radical (unpaired) electrons. The SMILES string of the molecule is CCC(C)NC(=O)C1CCC(C(=O)Nc2cccc(F)c2)CC1. The number of hydrogen-bond acceptors (Lipinski definition) is 2. The smallest absolute Gasteiger partial charge is 0.227 e. The molecule has 0 aromatic heterocycles. The predicted molar refractivity (Wildman–Crippen MR) is 88.4 cm³/mol. The Morgan fingerprint density at radius 2 is 1.78 bits per heavy atom. The summed E-state index contributed by atoms with van der Waals surface area (Å²) in [4.78, 5) is 24.4. The van der Waals surface area contributed by atoms with E-state index in [1.54, 1.807) is 12.1 Å². The highest BCUT2D eigenvalue weighted by atomic mass is 19.1. The summed E-state index contributed by atoms with van der Waals surface area (Å²) >= 11 is 0. The molecule has 5 heteroatoms. The topological polar surface area (TPSA) is 58.2 Å². The molecule has 0 spiro atoms. The molecule has 0 bridgehead atoms. The Hall–Kier alpha value is -1.91. The van der Waals surface area contributed by atoms with E-state index in [4.69, 9.17) is 0 Å². The summed E-state index contributed by atoms with van der Waals surface area (Å²) in [5.41, 5.74) is 0.478. The second kappa shape index (κ2) is 8.09. The Kier molecular flexibility index (Phi) is 6.13. The van der Waals surface area contributed by atoms with Crippen LogP contribution in [0.1, 0.15) is 46.0 Å². The van der Waals surface area contributed by atoms with Crippen molar-refractivity contribution in [3.05, 3.63) is 30.1 Å². The van der Waals surface area contributed by atoms with Crippen LogP contribution in [0.3, 0.4) is 0 Å². The molecule has 1 aromatic rings. The molecule has 1 fully saturated rings. The number of anilines is 1. The van der Waals surface area contributed by atoms with E-state index in [0.717, 1.165) is 19.3 Å². The molecule has 1 atom stereocenters. The van der Waals surface area contributed by atoms with Gasteiger partial charge in [-0.05, 0) is 57.2 Å². The number of carbonyl (C=O) groups is 2. The Morgan fingerprint density at radius 1 is 1.17 bits per heavy atom. The number of rotatable bonds is 5. The third kappa shape index (κ3) is 5.05. The molecule has 1 saturated carbocycles. The van der Waals surface area contributed by atoms with Crippen molar-refractivity contribution in [1.29, 1.82) is 0 Å². The maximum Gasteiger partial charge on any atom is 0.227 e. The largest absolute Gasteiger partial charge is 0.353 e. The van der Waals surface area contributed by atoms with Crippen molar-refractivity contribution in [2.24, 2.45) is 11.8 Å². The molecule has 1 unspecified atom stereocenters. The van der Waals surface area contributed by atoms with Gasteiger partial charge in [-0.2, -0.15) is 0 Å². The molecular formula is C18H25FN2O2. The maximum atomic E-state index is 13.1. The lowest BCUT2D eigenvalue weighted by atomic mass is 9.81. The second-order valence-corrected chi connectivity index (χ2v) is 6.37. The van der Waals surface area contributed by atoms with Gasteiger partial charge in [-0.15, -0.1) is 0 Å². The van der Waals surface area contributed by atoms with Gasteiger partial charge in [0.25, 0.3) is 0 Å². The minimum absolute atomic E-state index is 0.00206. The van der Waals surface area contributed by atoms with Crippen LogP contribution in [0.4, 0.5) is 10.1 Å². The van der Waals surface area contributed by atoms with Gasteiger partial charge in [0.15, 0.2) is 0 Å². The van der Waals surface area contributed by atoms with Crippen LogP contribution in [0.15, 0.2) is 24.3 Å². The van der Waals surface area contributed by atoms with Gasteiger partial charge in [-0.25, -0.2) is 4.39 Å². The van der Waals surface area contributed by atoms with Crippen molar-refractivity contribution in [3.63, 3.8) is 0 Å². The number of benzene rings is 1. The van der Waals surface area contributed by atoms with Crippen LogP contribution in [-0.2, 0) is 9.59 Å². The summed E-state index contributed by atoms with van der Waals surface area (Å²) in [6.07, 6.45) is 3.75. The first-order chi connectivity index (χ1) is 11.0. The number of hydrogen-bond donors (Lipinski definition) is 2. The molecule has 2 rings (SSSR count). The molecule has 23 heavy (non-hydrogen) atoms. The van der Waals surface area contributed by atoms with Crippen molar-refractivity contribution in [2.45, 2.75) is 52.0 Å².